The molecule has 1 aliphatic rings. The number of nitrogens with one attached hydrogen (secondary N) is 1. The molecule has 156 valence electrons. The van der Waals surface area contributed by atoms with E-state index in [1.807, 2.05) is 49.9 Å². The van der Waals surface area contributed by atoms with Gasteiger partial charge in [0, 0.05) is 30.5 Å². The first-order chi connectivity index (χ1) is 14.4. The van der Waals surface area contributed by atoms with Crippen molar-refractivity contribution in [1.82, 2.24) is 24.6 Å². The van der Waals surface area contributed by atoms with Crippen molar-refractivity contribution >= 4 is 23.3 Å². The van der Waals surface area contributed by atoms with Crippen LogP contribution in [0.25, 0.3) is 5.82 Å². The second kappa shape index (κ2) is 8.44. The topological polar surface area (TPSA) is 75.9 Å². The molecule has 0 aliphatic carbocycles. The molecular formula is C22H25ClN6O. The number of hydrogen-bond acceptors (Lipinski definition) is 5. The van der Waals surface area contributed by atoms with Crippen LogP contribution in [0.5, 0.6) is 0 Å². The molecule has 4 heterocycles. The molecule has 1 amide bonds. The summed E-state index contributed by atoms with van der Waals surface area (Å²) in [4.78, 5) is 24.2. The smallest absolute Gasteiger partial charge is 0.274 e. The van der Waals surface area contributed by atoms with Crippen molar-refractivity contribution in [2.45, 2.75) is 39.7 Å². The van der Waals surface area contributed by atoms with Crippen molar-refractivity contribution in [2.75, 3.05) is 18.4 Å². The number of halogens is 1. The summed E-state index contributed by atoms with van der Waals surface area (Å²) in [5, 5.41) is 8.17. The van der Waals surface area contributed by atoms with Gasteiger partial charge in [-0.3, -0.25) is 4.79 Å². The monoisotopic (exact) mass is 424 g/mol. The van der Waals surface area contributed by atoms with Crippen LogP contribution < -0.4 is 5.32 Å². The SMILES string of the molecule is Cc1cccc(NCC2CCCN2C(=O)c2nc(-n3nc(C)cc3C)ccc2Cl)n1. The first-order valence-electron chi connectivity index (χ1n) is 10.1. The zero-order valence-corrected chi connectivity index (χ0v) is 18.1. The fourth-order valence-corrected chi connectivity index (χ4v) is 4.06. The summed E-state index contributed by atoms with van der Waals surface area (Å²) in [5.41, 5.74) is 3.07. The van der Waals surface area contributed by atoms with Gasteiger partial charge in [-0.05, 0) is 63.9 Å². The van der Waals surface area contributed by atoms with Gasteiger partial charge in [-0.15, -0.1) is 0 Å². The molecule has 1 N–H and O–H groups in total. The Kier molecular flexibility index (Phi) is 5.72. The van der Waals surface area contributed by atoms with E-state index in [0.29, 0.717) is 23.9 Å². The molecule has 0 radical (unpaired) electrons. The van der Waals surface area contributed by atoms with Crippen molar-refractivity contribution in [1.29, 1.82) is 0 Å². The van der Waals surface area contributed by atoms with Crippen molar-refractivity contribution in [2.24, 2.45) is 0 Å². The Hall–Kier alpha value is -2.93. The number of amides is 1. The van der Waals surface area contributed by atoms with Gasteiger partial charge in [0.2, 0.25) is 0 Å². The minimum atomic E-state index is -0.148. The third-order valence-electron chi connectivity index (χ3n) is 5.31. The second-order valence-corrected chi connectivity index (χ2v) is 8.09. The molecule has 1 saturated heterocycles. The average molecular weight is 425 g/mol. The Bertz CT molecular complexity index is 1080. The van der Waals surface area contributed by atoms with E-state index >= 15 is 0 Å². The van der Waals surface area contributed by atoms with E-state index in [0.717, 1.165) is 35.7 Å². The minimum Gasteiger partial charge on any atom is -0.368 e. The van der Waals surface area contributed by atoms with Gasteiger partial charge in [0.25, 0.3) is 5.91 Å². The van der Waals surface area contributed by atoms with E-state index in [1.54, 1.807) is 16.8 Å². The third kappa shape index (κ3) is 4.16. The van der Waals surface area contributed by atoms with Crippen LogP contribution in [0.4, 0.5) is 5.82 Å². The number of hydrogen-bond donors (Lipinski definition) is 1. The van der Waals surface area contributed by atoms with Crippen molar-refractivity contribution in [3.05, 3.63) is 64.2 Å². The number of likely N-dealkylation sites (tertiary alicyclic amines) is 1. The molecule has 0 aromatic carbocycles. The first-order valence-corrected chi connectivity index (χ1v) is 10.5. The number of aromatic nitrogens is 4. The molecule has 1 aliphatic heterocycles. The van der Waals surface area contributed by atoms with E-state index in [-0.39, 0.29) is 17.6 Å². The lowest BCUT2D eigenvalue weighted by Crippen LogP contribution is -2.40. The summed E-state index contributed by atoms with van der Waals surface area (Å²) in [7, 11) is 0. The Balaban J connectivity index is 1.54. The van der Waals surface area contributed by atoms with Gasteiger partial charge in [-0.2, -0.15) is 5.10 Å². The van der Waals surface area contributed by atoms with E-state index in [1.165, 1.54) is 0 Å². The predicted molar refractivity (Wildman–Crippen MR) is 117 cm³/mol. The molecule has 3 aromatic heterocycles. The quantitative estimate of drug-likeness (QED) is 0.670. The lowest BCUT2D eigenvalue weighted by Gasteiger charge is -2.25. The van der Waals surface area contributed by atoms with Crippen LogP contribution in [-0.4, -0.2) is 49.7 Å². The van der Waals surface area contributed by atoms with Gasteiger partial charge in [-0.1, -0.05) is 17.7 Å². The van der Waals surface area contributed by atoms with Gasteiger partial charge < -0.3 is 10.2 Å². The standard InChI is InChI=1S/C22H25ClN6O/c1-14-6-4-8-19(25-14)24-13-17-7-5-11-28(17)22(30)21-18(23)9-10-20(26-21)29-16(3)12-15(2)27-29/h4,6,8-10,12,17H,5,7,11,13H2,1-3H3,(H,24,25). The maximum atomic E-state index is 13.3. The van der Waals surface area contributed by atoms with Gasteiger partial charge >= 0.3 is 0 Å². The summed E-state index contributed by atoms with van der Waals surface area (Å²) in [5.74, 6) is 1.26. The largest absolute Gasteiger partial charge is 0.368 e. The van der Waals surface area contributed by atoms with Crippen LogP contribution in [0.2, 0.25) is 5.02 Å². The molecule has 4 rings (SSSR count). The second-order valence-electron chi connectivity index (χ2n) is 7.68. The molecule has 1 atom stereocenters. The Labute approximate surface area is 181 Å². The van der Waals surface area contributed by atoms with Gasteiger partial charge in [0.15, 0.2) is 5.82 Å². The summed E-state index contributed by atoms with van der Waals surface area (Å²) < 4.78 is 1.73. The molecule has 0 saturated carbocycles. The summed E-state index contributed by atoms with van der Waals surface area (Å²) >= 11 is 6.37. The molecule has 0 spiro atoms. The number of pyridine rings is 2. The lowest BCUT2D eigenvalue weighted by atomic mass is 10.2. The molecule has 0 bridgehead atoms. The summed E-state index contributed by atoms with van der Waals surface area (Å²) in [6.07, 6.45) is 1.88. The molecule has 30 heavy (non-hydrogen) atoms. The van der Waals surface area contributed by atoms with E-state index < -0.39 is 0 Å². The zero-order chi connectivity index (χ0) is 21.3. The number of carbonyl (C=O) groups excluding carboxylic acids is 1. The predicted octanol–water partition coefficient (Wildman–Crippen LogP) is 3.96. The first kappa shape index (κ1) is 20.3. The lowest BCUT2D eigenvalue weighted by molar-refractivity contribution is 0.0738. The molecule has 1 fully saturated rings. The van der Waals surface area contributed by atoms with Crippen LogP contribution in [0, 0.1) is 20.8 Å². The van der Waals surface area contributed by atoms with Gasteiger partial charge in [-0.25, -0.2) is 14.6 Å². The number of rotatable bonds is 5. The molecule has 3 aromatic rings. The summed E-state index contributed by atoms with van der Waals surface area (Å²) in [6.45, 7) is 7.17. The molecular weight excluding hydrogens is 400 g/mol. The number of aryl methyl sites for hydroxylation is 3. The maximum Gasteiger partial charge on any atom is 0.274 e. The van der Waals surface area contributed by atoms with E-state index in [9.17, 15) is 4.79 Å². The fourth-order valence-electron chi connectivity index (χ4n) is 3.88. The normalized spacial score (nSPS) is 16.1. The van der Waals surface area contributed by atoms with E-state index in [2.05, 4.69) is 20.4 Å². The Morgan fingerprint density at radius 3 is 2.73 bits per heavy atom. The zero-order valence-electron chi connectivity index (χ0n) is 17.4. The third-order valence-corrected chi connectivity index (χ3v) is 5.61. The number of anilines is 1. The highest BCUT2D eigenvalue weighted by Crippen LogP contribution is 2.24. The summed E-state index contributed by atoms with van der Waals surface area (Å²) in [6, 6.07) is 11.4. The molecule has 1 unspecified atom stereocenters. The van der Waals surface area contributed by atoms with Crippen molar-refractivity contribution in [3.8, 4) is 5.82 Å². The highest BCUT2D eigenvalue weighted by atomic mass is 35.5. The van der Waals surface area contributed by atoms with Gasteiger partial charge in [0.05, 0.1) is 10.7 Å². The van der Waals surface area contributed by atoms with Crippen LogP contribution in [0.1, 0.15) is 40.4 Å². The Morgan fingerprint density at radius 1 is 1.17 bits per heavy atom. The van der Waals surface area contributed by atoms with Gasteiger partial charge in [0.1, 0.15) is 11.5 Å². The minimum absolute atomic E-state index is 0.0648. The maximum absolute atomic E-state index is 13.3. The van der Waals surface area contributed by atoms with Crippen molar-refractivity contribution < 1.29 is 4.79 Å². The van der Waals surface area contributed by atoms with Crippen LogP contribution in [0.3, 0.4) is 0 Å². The number of carbonyl (C=O) groups is 1. The molecule has 8 heteroatoms. The Morgan fingerprint density at radius 2 is 2.00 bits per heavy atom. The molecule has 7 nitrogen and oxygen atoms in total. The highest BCUT2D eigenvalue weighted by Gasteiger charge is 2.31. The fraction of sp³-hybridized carbons (Fsp3) is 0.364. The van der Waals surface area contributed by atoms with Crippen LogP contribution in [-0.2, 0) is 0 Å². The number of nitrogens with zero attached hydrogens (tertiary/aromatic N) is 5. The van der Waals surface area contributed by atoms with Crippen LogP contribution in [0.15, 0.2) is 36.4 Å². The average Bonchev–Trinajstić information content (AvgIpc) is 3.32. The van der Waals surface area contributed by atoms with E-state index in [4.69, 9.17) is 11.6 Å². The van der Waals surface area contributed by atoms with Crippen LogP contribution >= 0.6 is 11.6 Å². The van der Waals surface area contributed by atoms with Crippen molar-refractivity contribution in [3.63, 3.8) is 0 Å². The highest BCUT2D eigenvalue weighted by molar-refractivity contribution is 6.33.